The number of nitrogens with zero attached hydrogens (tertiary/aromatic N) is 2. The van der Waals surface area contributed by atoms with Gasteiger partial charge in [0.1, 0.15) is 12.9 Å². The molecule has 10 heteroatoms. The largest absolute Gasteiger partial charge is 0.462 e. The molecule has 2 saturated heterocycles. The van der Waals surface area contributed by atoms with Crippen LogP contribution >= 0.6 is 0 Å². The van der Waals surface area contributed by atoms with Crippen molar-refractivity contribution >= 4 is 5.97 Å². The van der Waals surface area contributed by atoms with Crippen molar-refractivity contribution in [1.29, 1.82) is 0 Å². The number of carbonyl (C=O) groups excluding carboxylic acids is 1. The van der Waals surface area contributed by atoms with Gasteiger partial charge in [-0.3, -0.25) is 14.5 Å². The molecule has 0 aromatic rings. The van der Waals surface area contributed by atoms with Crippen molar-refractivity contribution in [2.75, 3.05) is 26.6 Å². The average molecular weight is 603 g/mol. The summed E-state index contributed by atoms with van der Waals surface area (Å²) in [7, 11) is 0. The van der Waals surface area contributed by atoms with Gasteiger partial charge >= 0.3 is 5.97 Å². The van der Waals surface area contributed by atoms with E-state index in [4.69, 9.17) is 23.9 Å². The molecule has 0 bridgehead atoms. The molecule has 2 aliphatic rings. The third-order valence-electron chi connectivity index (χ3n) is 7.81. The Balaban J connectivity index is 1.68. The molecule has 0 radical (unpaired) electrons. The van der Waals surface area contributed by atoms with Crippen LogP contribution in [-0.2, 0) is 28.7 Å². The van der Waals surface area contributed by atoms with Crippen LogP contribution in [0.1, 0.15) is 128 Å². The third kappa shape index (κ3) is 11.9. The first-order valence-electron chi connectivity index (χ1n) is 15.6. The molecule has 2 heterocycles. The summed E-state index contributed by atoms with van der Waals surface area (Å²) in [6.07, 6.45) is 4.53. The zero-order valence-corrected chi connectivity index (χ0v) is 28.7. The van der Waals surface area contributed by atoms with Crippen LogP contribution in [0.2, 0.25) is 0 Å². The second kappa shape index (κ2) is 14.1. The van der Waals surface area contributed by atoms with E-state index in [1.807, 2.05) is 10.1 Å². The van der Waals surface area contributed by atoms with E-state index < -0.39 is 11.2 Å². The molecule has 42 heavy (non-hydrogen) atoms. The Kier molecular flexibility index (Phi) is 12.5. The number of piperidine rings is 2. The summed E-state index contributed by atoms with van der Waals surface area (Å²) in [5.74, 6) is -0.184. The number of esters is 1. The summed E-state index contributed by atoms with van der Waals surface area (Å²) in [5.41, 5.74) is -3.05. The molecule has 0 amide bonds. The van der Waals surface area contributed by atoms with E-state index in [1.54, 1.807) is 27.7 Å². The van der Waals surface area contributed by atoms with Crippen LogP contribution in [0.15, 0.2) is 0 Å². The number of hydroxylamine groups is 4. The molecule has 0 aromatic heterocycles. The Morgan fingerprint density at radius 1 is 0.714 bits per heavy atom. The maximum Gasteiger partial charge on any atom is 0.306 e. The van der Waals surface area contributed by atoms with Crippen LogP contribution in [0.4, 0.5) is 0 Å². The molecule has 0 unspecified atom stereocenters. The standard InChI is InChI=1S/C32H62N2O8/c1-27(2)17-24(18-28(3,4)33(27)40-21-31(9,10)36)39-23-38-16-14-13-15-26(35)42-25-19-29(5,6)34(30(7,8)20-25)41-22-32(11,12)37/h24-25,36-37H,13-23H2,1-12H3. The fourth-order valence-electron chi connectivity index (χ4n) is 6.61. The second-order valence-corrected chi connectivity index (χ2v) is 16.2. The molecular weight excluding hydrogens is 540 g/mol. The molecule has 2 N–H and O–H groups in total. The summed E-state index contributed by atoms with van der Waals surface area (Å²) in [6.45, 7) is 24.9. The van der Waals surface area contributed by atoms with Gasteiger partial charge in [0, 0.05) is 48.0 Å². The Morgan fingerprint density at radius 2 is 1.12 bits per heavy atom. The molecule has 0 aliphatic carbocycles. The Bertz CT molecular complexity index is 824. The van der Waals surface area contributed by atoms with E-state index in [2.05, 4.69) is 55.4 Å². The summed E-state index contributed by atoms with van der Waals surface area (Å²) in [5, 5.41) is 24.2. The molecule has 2 aliphatic heterocycles. The highest BCUT2D eigenvalue weighted by molar-refractivity contribution is 5.69. The summed E-state index contributed by atoms with van der Waals surface area (Å²) < 4.78 is 17.7. The smallest absolute Gasteiger partial charge is 0.306 e. The minimum Gasteiger partial charge on any atom is -0.462 e. The van der Waals surface area contributed by atoms with E-state index in [1.165, 1.54) is 0 Å². The number of hydrogen-bond donors (Lipinski definition) is 2. The number of hydrogen-bond acceptors (Lipinski definition) is 10. The van der Waals surface area contributed by atoms with Crippen molar-refractivity contribution < 1.29 is 38.9 Å². The highest BCUT2D eigenvalue weighted by Crippen LogP contribution is 2.41. The number of carbonyl (C=O) groups is 1. The third-order valence-corrected chi connectivity index (χ3v) is 7.81. The Labute approximate surface area is 255 Å². The van der Waals surface area contributed by atoms with Crippen LogP contribution in [0, 0.1) is 0 Å². The van der Waals surface area contributed by atoms with Gasteiger partial charge in [-0.05, 0) is 109 Å². The van der Waals surface area contributed by atoms with E-state index in [0.717, 1.165) is 19.3 Å². The second-order valence-electron chi connectivity index (χ2n) is 16.2. The minimum atomic E-state index is -0.925. The van der Waals surface area contributed by atoms with Crippen LogP contribution in [0.25, 0.3) is 0 Å². The van der Waals surface area contributed by atoms with Gasteiger partial charge in [0.25, 0.3) is 0 Å². The highest BCUT2D eigenvalue weighted by atomic mass is 16.7. The van der Waals surface area contributed by atoms with Crippen LogP contribution in [0.5, 0.6) is 0 Å². The molecule has 0 spiro atoms. The lowest BCUT2D eigenvalue weighted by Gasteiger charge is -2.53. The van der Waals surface area contributed by atoms with E-state index >= 15 is 0 Å². The fraction of sp³-hybridized carbons (Fsp3) is 0.969. The topological polar surface area (TPSA) is 110 Å². The predicted octanol–water partition coefficient (Wildman–Crippen LogP) is 5.14. The maximum atomic E-state index is 12.6. The molecule has 0 aromatic carbocycles. The maximum absolute atomic E-state index is 12.6. The minimum absolute atomic E-state index is 0.0346. The number of ether oxygens (including phenoxy) is 3. The Morgan fingerprint density at radius 3 is 1.52 bits per heavy atom. The molecule has 10 nitrogen and oxygen atoms in total. The number of aliphatic hydroxyl groups is 2. The summed E-state index contributed by atoms with van der Waals surface area (Å²) >= 11 is 0. The molecule has 248 valence electrons. The number of rotatable bonds is 15. The van der Waals surface area contributed by atoms with Gasteiger partial charge in [-0.2, -0.15) is 10.1 Å². The SMILES string of the molecule is CC(C)(O)CON1C(C)(C)CC(OCOCCCCC(=O)OC2CC(C)(C)N(OCC(C)(C)O)C(C)(C)C2)CC1(C)C. The summed E-state index contributed by atoms with van der Waals surface area (Å²) in [4.78, 5) is 24.7. The fourth-order valence-corrected chi connectivity index (χ4v) is 6.61. The molecular formula is C32H62N2O8. The first-order valence-corrected chi connectivity index (χ1v) is 15.6. The molecule has 0 saturated carbocycles. The summed E-state index contributed by atoms with van der Waals surface area (Å²) in [6, 6.07) is 0. The predicted molar refractivity (Wildman–Crippen MR) is 162 cm³/mol. The van der Waals surface area contributed by atoms with Gasteiger partial charge in [-0.15, -0.1) is 0 Å². The first-order chi connectivity index (χ1) is 18.9. The highest BCUT2D eigenvalue weighted by Gasteiger charge is 2.49. The van der Waals surface area contributed by atoms with E-state index in [0.29, 0.717) is 32.3 Å². The van der Waals surface area contributed by atoms with Crippen molar-refractivity contribution in [2.45, 2.75) is 174 Å². The van der Waals surface area contributed by atoms with Crippen molar-refractivity contribution in [3.8, 4) is 0 Å². The van der Waals surface area contributed by atoms with Crippen LogP contribution in [0.3, 0.4) is 0 Å². The zero-order chi connectivity index (χ0) is 32.2. The van der Waals surface area contributed by atoms with Crippen molar-refractivity contribution in [2.24, 2.45) is 0 Å². The van der Waals surface area contributed by atoms with Crippen LogP contribution < -0.4 is 0 Å². The molecule has 2 fully saturated rings. The normalized spacial score (nSPS) is 23.7. The molecule has 0 atom stereocenters. The Hall–Kier alpha value is -0.850. The van der Waals surface area contributed by atoms with Crippen LogP contribution in [-0.4, -0.2) is 98.5 Å². The molecule has 2 rings (SSSR count). The monoisotopic (exact) mass is 602 g/mol. The lowest BCUT2D eigenvalue weighted by molar-refractivity contribution is -0.311. The van der Waals surface area contributed by atoms with Gasteiger partial charge in [-0.1, -0.05) is 0 Å². The van der Waals surface area contributed by atoms with Gasteiger partial charge in [0.15, 0.2) is 0 Å². The lowest BCUT2D eigenvalue weighted by atomic mass is 9.80. The van der Waals surface area contributed by atoms with Gasteiger partial charge in [-0.25, -0.2) is 0 Å². The van der Waals surface area contributed by atoms with Crippen molar-refractivity contribution in [1.82, 2.24) is 10.1 Å². The number of unbranched alkanes of at least 4 members (excludes halogenated alkanes) is 1. The first kappa shape index (κ1) is 37.3. The van der Waals surface area contributed by atoms with Gasteiger partial charge in [0.05, 0.1) is 30.5 Å². The van der Waals surface area contributed by atoms with E-state index in [9.17, 15) is 15.0 Å². The van der Waals surface area contributed by atoms with Crippen molar-refractivity contribution in [3.05, 3.63) is 0 Å². The lowest BCUT2D eigenvalue weighted by Crippen LogP contribution is -2.62. The zero-order valence-electron chi connectivity index (χ0n) is 28.7. The van der Waals surface area contributed by atoms with Gasteiger partial charge < -0.3 is 24.4 Å². The van der Waals surface area contributed by atoms with E-state index in [-0.39, 0.29) is 60.3 Å². The quantitative estimate of drug-likeness (QED) is 0.149. The van der Waals surface area contributed by atoms with Crippen molar-refractivity contribution in [3.63, 3.8) is 0 Å². The average Bonchev–Trinajstić information content (AvgIpc) is 2.73. The van der Waals surface area contributed by atoms with Gasteiger partial charge in [0.2, 0.25) is 0 Å².